The van der Waals surface area contributed by atoms with Crippen molar-refractivity contribution in [2.24, 2.45) is 5.41 Å². The van der Waals surface area contributed by atoms with E-state index in [0.29, 0.717) is 6.61 Å². The van der Waals surface area contributed by atoms with E-state index in [1.165, 1.54) is 0 Å². The highest BCUT2D eigenvalue weighted by atomic mass is 79.9. The molecular weight excluding hydrogens is 356 g/mol. The number of hydrogen-bond acceptors (Lipinski definition) is 3. The number of hydrogen-bond donors (Lipinski definition) is 2. The van der Waals surface area contributed by atoms with Crippen LogP contribution in [0.4, 0.5) is 5.69 Å². The molecule has 2 N–H and O–H groups in total. The molecule has 0 atom stereocenters. The van der Waals surface area contributed by atoms with Crippen LogP contribution in [0, 0.1) is 12.3 Å². The van der Waals surface area contributed by atoms with Gasteiger partial charge in [0.15, 0.2) is 0 Å². The van der Waals surface area contributed by atoms with Crippen LogP contribution in [0.1, 0.15) is 18.4 Å². The van der Waals surface area contributed by atoms with E-state index in [1.54, 1.807) is 7.11 Å². The molecule has 2 rings (SSSR count). The lowest BCUT2D eigenvalue weighted by Crippen LogP contribution is -2.47. The zero-order chi connectivity index (χ0) is 14.6. The highest BCUT2D eigenvalue weighted by Gasteiger charge is 2.39. The lowest BCUT2D eigenvalue weighted by Gasteiger charge is -2.35. The van der Waals surface area contributed by atoms with Crippen molar-refractivity contribution in [3.8, 4) is 0 Å². The Bertz CT molecular complexity index is 485. The molecule has 1 heterocycles. The fourth-order valence-electron chi connectivity index (χ4n) is 2.60. The molecule has 4 nitrogen and oxygen atoms in total. The number of rotatable bonds is 4. The van der Waals surface area contributed by atoms with Crippen LogP contribution < -0.4 is 10.6 Å². The first-order valence-corrected chi connectivity index (χ1v) is 7.64. The number of amides is 1. The van der Waals surface area contributed by atoms with Crippen molar-refractivity contribution in [3.63, 3.8) is 0 Å². The lowest BCUT2D eigenvalue weighted by atomic mass is 9.78. The highest BCUT2D eigenvalue weighted by molar-refractivity contribution is 9.10. The average molecular weight is 378 g/mol. The van der Waals surface area contributed by atoms with Gasteiger partial charge in [0, 0.05) is 17.3 Å². The minimum atomic E-state index is -0.416. The zero-order valence-corrected chi connectivity index (χ0v) is 14.8. The average Bonchev–Trinajstić information content (AvgIpc) is 2.44. The summed E-state index contributed by atoms with van der Waals surface area (Å²) in [5.74, 6) is 0.0579. The van der Waals surface area contributed by atoms with Crippen molar-refractivity contribution in [3.05, 3.63) is 28.2 Å². The molecule has 0 saturated carbocycles. The molecule has 118 valence electrons. The van der Waals surface area contributed by atoms with Gasteiger partial charge < -0.3 is 15.4 Å². The number of piperidine rings is 1. The maximum Gasteiger partial charge on any atom is 0.233 e. The maximum atomic E-state index is 12.6. The molecular formula is C15H22BrClN2O2. The summed E-state index contributed by atoms with van der Waals surface area (Å²) < 4.78 is 6.34. The van der Waals surface area contributed by atoms with Crippen LogP contribution in [-0.4, -0.2) is 32.7 Å². The van der Waals surface area contributed by atoms with E-state index in [0.717, 1.165) is 41.7 Å². The Kier molecular flexibility index (Phi) is 7.13. The minimum Gasteiger partial charge on any atom is -0.384 e. The molecule has 1 saturated heterocycles. The van der Waals surface area contributed by atoms with Crippen molar-refractivity contribution in [2.45, 2.75) is 19.8 Å². The summed E-state index contributed by atoms with van der Waals surface area (Å²) in [5.41, 5.74) is 1.53. The fourth-order valence-corrected chi connectivity index (χ4v) is 2.85. The van der Waals surface area contributed by atoms with E-state index in [2.05, 4.69) is 26.6 Å². The van der Waals surface area contributed by atoms with E-state index in [-0.39, 0.29) is 18.3 Å². The third kappa shape index (κ3) is 4.42. The third-order valence-electron chi connectivity index (χ3n) is 3.88. The van der Waals surface area contributed by atoms with Gasteiger partial charge in [0.05, 0.1) is 12.0 Å². The quantitative estimate of drug-likeness (QED) is 0.847. The van der Waals surface area contributed by atoms with E-state index in [1.807, 2.05) is 25.1 Å². The predicted octanol–water partition coefficient (Wildman–Crippen LogP) is 3.13. The smallest absolute Gasteiger partial charge is 0.233 e. The second-order valence-electron chi connectivity index (χ2n) is 5.38. The molecule has 21 heavy (non-hydrogen) atoms. The molecule has 1 amide bonds. The van der Waals surface area contributed by atoms with E-state index in [9.17, 15) is 4.79 Å². The Balaban J connectivity index is 0.00000220. The molecule has 0 aliphatic carbocycles. The summed E-state index contributed by atoms with van der Waals surface area (Å²) in [6.45, 7) is 4.19. The van der Waals surface area contributed by atoms with Crippen molar-refractivity contribution >= 4 is 39.9 Å². The standard InChI is InChI=1S/C15H21BrN2O2.ClH/c1-11-9-12(3-4-13(11)16)18-14(19)15(10-20-2)5-7-17-8-6-15;/h3-4,9,17H,5-8,10H2,1-2H3,(H,18,19);1H. The number of nitrogens with one attached hydrogen (secondary N) is 2. The number of carbonyl (C=O) groups excluding carboxylic acids is 1. The molecule has 0 unspecified atom stereocenters. The number of ether oxygens (including phenoxy) is 1. The first-order chi connectivity index (χ1) is 9.57. The SMILES string of the molecule is COCC1(C(=O)Nc2ccc(Br)c(C)c2)CCNCC1.Cl. The van der Waals surface area contributed by atoms with Crippen molar-refractivity contribution in [1.82, 2.24) is 5.32 Å². The van der Waals surface area contributed by atoms with Gasteiger partial charge in [-0.25, -0.2) is 0 Å². The van der Waals surface area contributed by atoms with Gasteiger partial charge in [0.1, 0.15) is 0 Å². The Morgan fingerprint density at radius 3 is 2.67 bits per heavy atom. The molecule has 0 radical (unpaired) electrons. The molecule has 1 aliphatic heterocycles. The maximum absolute atomic E-state index is 12.6. The predicted molar refractivity (Wildman–Crippen MR) is 91.2 cm³/mol. The number of aryl methyl sites for hydroxylation is 1. The summed E-state index contributed by atoms with van der Waals surface area (Å²) in [4.78, 5) is 12.6. The summed E-state index contributed by atoms with van der Waals surface area (Å²) in [7, 11) is 1.65. The molecule has 1 aromatic rings. The van der Waals surface area contributed by atoms with E-state index >= 15 is 0 Å². The Labute approximate surface area is 140 Å². The Morgan fingerprint density at radius 2 is 2.10 bits per heavy atom. The van der Waals surface area contributed by atoms with Gasteiger partial charge in [0.25, 0.3) is 0 Å². The summed E-state index contributed by atoms with van der Waals surface area (Å²) in [6.07, 6.45) is 1.62. The molecule has 1 aromatic carbocycles. The summed E-state index contributed by atoms with van der Waals surface area (Å²) in [5, 5.41) is 6.33. The minimum absolute atomic E-state index is 0. The van der Waals surface area contributed by atoms with E-state index < -0.39 is 5.41 Å². The zero-order valence-electron chi connectivity index (χ0n) is 12.4. The van der Waals surface area contributed by atoms with Gasteiger partial charge in [-0.05, 0) is 56.6 Å². The second-order valence-corrected chi connectivity index (χ2v) is 6.24. The van der Waals surface area contributed by atoms with Crippen LogP contribution in [0.25, 0.3) is 0 Å². The fraction of sp³-hybridized carbons (Fsp3) is 0.533. The number of halogens is 2. The Hall–Kier alpha value is -0.620. The van der Waals surface area contributed by atoms with Crippen molar-refractivity contribution in [1.29, 1.82) is 0 Å². The van der Waals surface area contributed by atoms with Crippen LogP contribution >= 0.6 is 28.3 Å². The molecule has 0 bridgehead atoms. The Morgan fingerprint density at radius 1 is 1.43 bits per heavy atom. The summed E-state index contributed by atoms with van der Waals surface area (Å²) in [6, 6.07) is 5.84. The van der Waals surface area contributed by atoms with Gasteiger partial charge in [0.2, 0.25) is 5.91 Å². The van der Waals surface area contributed by atoms with Gasteiger partial charge in [-0.15, -0.1) is 12.4 Å². The topological polar surface area (TPSA) is 50.4 Å². The van der Waals surface area contributed by atoms with Gasteiger partial charge in [-0.2, -0.15) is 0 Å². The van der Waals surface area contributed by atoms with Crippen LogP contribution in [0.2, 0.25) is 0 Å². The van der Waals surface area contributed by atoms with Crippen molar-refractivity contribution in [2.75, 3.05) is 32.1 Å². The summed E-state index contributed by atoms with van der Waals surface area (Å²) >= 11 is 3.47. The van der Waals surface area contributed by atoms with Gasteiger partial charge in [-0.3, -0.25) is 4.79 Å². The monoisotopic (exact) mass is 376 g/mol. The number of anilines is 1. The van der Waals surface area contributed by atoms with Crippen LogP contribution in [0.5, 0.6) is 0 Å². The number of benzene rings is 1. The number of carbonyl (C=O) groups is 1. The van der Waals surface area contributed by atoms with Crippen molar-refractivity contribution < 1.29 is 9.53 Å². The molecule has 1 aliphatic rings. The lowest BCUT2D eigenvalue weighted by molar-refractivity contribution is -0.130. The van der Waals surface area contributed by atoms with Crippen LogP contribution in [0.3, 0.4) is 0 Å². The van der Waals surface area contributed by atoms with E-state index in [4.69, 9.17) is 4.74 Å². The third-order valence-corrected chi connectivity index (χ3v) is 4.77. The molecule has 1 fully saturated rings. The molecule has 6 heteroatoms. The highest BCUT2D eigenvalue weighted by Crippen LogP contribution is 2.31. The van der Waals surface area contributed by atoms with Crippen LogP contribution in [0.15, 0.2) is 22.7 Å². The van der Waals surface area contributed by atoms with Gasteiger partial charge >= 0.3 is 0 Å². The normalized spacial score (nSPS) is 16.9. The first-order valence-electron chi connectivity index (χ1n) is 6.85. The largest absolute Gasteiger partial charge is 0.384 e. The van der Waals surface area contributed by atoms with Gasteiger partial charge in [-0.1, -0.05) is 15.9 Å². The van der Waals surface area contributed by atoms with Crippen LogP contribution in [-0.2, 0) is 9.53 Å². The number of methoxy groups -OCH3 is 1. The molecule has 0 spiro atoms. The molecule has 0 aromatic heterocycles. The first kappa shape index (κ1) is 18.4. The second kappa shape index (κ2) is 8.13.